The molecule has 0 aromatic heterocycles. The Labute approximate surface area is 138 Å². The van der Waals surface area contributed by atoms with E-state index in [-0.39, 0.29) is 41.0 Å². The molecule has 1 fully saturated rings. The van der Waals surface area contributed by atoms with Crippen molar-refractivity contribution in [2.75, 3.05) is 5.32 Å². The number of hydrogen-bond donors (Lipinski definition) is 2. The zero-order valence-electron chi connectivity index (χ0n) is 11.7. The van der Waals surface area contributed by atoms with Gasteiger partial charge in [0.25, 0.3) is 0 Å². The molecule has 1 aliphatic carbocycles. The molecule has 0 aliphatic heterocycles. The summed E-state index contributed by atoms with van der Waals surface area (Å²) >= 11 is 5.84. The van der Waals surface area contributed by atoms with Crippen LogP contribution in [0.25, 0.3) is 0 Å². The fourth-order valence-electron chi connectivity index (χ4n) is 2.48. The molecule has 1 amide bonds. The van der Waals surface area contributed by atoms with Gasteiger partial charge in [-0.2, -0.15) is 8.78 Å². The zero-order valence-corrected chi connectivity index (χ0v) is 13.3. The van der Waals surface area contributed by atoms with Crippen LogP contribution in [0.4, 0.5) is 14.5 Å². The summed E-state index contributed by atoms with van der Waals surface area (Å²) in [6.45, 7) is -2.94. The van der Waals surface area contributed by atoms with E-state index < -0.39 is 6.61 Å². The Morgan fingerprint density at radius 3 is 2.73 bits per heavy atom. The third-order valence-corrected chi connectivity index (χ3v) is 3.80. The minimum atomic E-state index is -2.94. The number of ether oxygens (including phenoxy) is 1. The van der Waals surface area contributed by atoms with Crippen molar-refractivity contribution in [3.63, 3.8) is 0 Å². The number of carbonyl (C=O) groups is 1. The van der Waals surface area contributed by atoms with E-state index in [1.54, 1.807) is 0 Å². The first kappa shape index (κ1) is 18.9. The number of alkyl halides is 2. The Morgan fingerprint density at radius 2 is 2.14 bits per heavy atom. The molecular weight excluding hydrogens is 337 g/mol. The quantitative estimate of drug-likeness (QED) is 0.863. The molecule has 0 heterocycles. The molecule has 1 aromatic carbocycles. The lowest BCUT2D eigenvalue weighted by atomic mass is 9.85. The number of hydrogen-bond acceptors (Lipinski definition) is 3. The number of carbonyl (C=O) groups excluding carboxylic acids is 1. The summed E-state index contributed by atoms with van der Waals surface area (Å²) < 4.78 is 28.5. The zero-order chi connectivity index (χ0) is 15.4. The lowest BCUT2D eigenvalue weighted by molar-refractivity contribution is -0.120. The van der Waals surface area contributed by atoms with Gasteiger partial charge in [0.15, 0.2) is 0 Å². The van der Waals surface area contributed by atoms with E-state index >= 15 is 0 Å². The van der Waals surface area contributed by atoms with Crippen LogP contribution in [-0.2, 0) is 4.79 Å². The molecule has 2 atom stereocenters. The smallest absolute Gasteiger partial charge is 0.387 e. The van der Waals surface area contributed by atoms with Crippen molar-refractivity contribution in [2.45, 2.75) is 38.3 Å². The van der Waals surface area contributed by atoms with Gasteiger partial charge < -0.3 is 15.8 Å². The van der Waals surface area contributed by atoms with Gasteiger partial charge in [-0.15, -0.1) is 12.4 Å². The number of halogens is 4. The van der Waals surface area contributed by atoms with Crippen molar-refractivity contribution in [1.29, 1.82) is 0 Å². The molecule has 1 saturated carbocycles. The Hall–Kier alpha value is -1.11. The number of nitrogens with one attached hydrogen (secondary N) is 1. The van der Waals surface area contributed by atoms with Gasteiger partial charge >= 0.3 is 6.61 Å². The molecule has 0 saturated heterocycles. The second-order valence-electron chi connectivity index (χ2n) is 5.14. The highest BCUT2D eigenvalue weighted by Crippen LogP contribution is 2.30. The van der Waals surface area contributed by atoms with Gasteiger partial charge in [-0.1, -0.05) is 18.0 Å². The molecule has 8 heteroatoms. The molecule has 2 unspecified atom stereocenters. The van der Waals surface area contributed by atoms with Crippen LogP contribution in [0.15, 0.2) is 18.2 Å². The fourth-order valence-corrected chi connectivity index (χ4v) is 2.71. The van der Waals surface area contributed by atoms with E-state index in [9.17, 15) is 13.6 Å². The van der Waals surface area contributed by atoms with Crippen LogP contribution < -0.4 is 15.8 Å². The highest BCUT2D eigenvalue weighted by atomic mass is 35.5. The summed E-state index contributed by atoms with van der Waals surface area (Å²) in [5.74, 6) is -0.363. The summed E-state index contributed by atoms with van der Waals surface area (Å²) in [4.78, 5) is 12.1. The van der Waals surface area contributed by atoms with Crippen LogP contribution in [-0.4, -0.2) is 18.6 Å². The summed E-state index contributed by atoms with van der Waals surface area (Å²) in [5.41, 5.74) is 6.31. The second kappa shape index (κ2) is 8.50. The Balaban J connectivity index is 0.00000242. The first-order chi connectivity index (χ1) is 9.95. The molecule has 0 radical (unpaired) electrons. The van der Waals surface area contributed by atoms with E-state index in [1.165, 1.54) is 18.2 Å². The maximum atomic E-state index is 12.1. The summed E-state index contributed by atoms with van der Waals surface area (Å²) in [6, 6.07) is 4.22. The van der Waals surface area contributed by atoms with E-state index in [4.69, 9.17) is 17.3 Å². The van der Waals surface area contributed by atoms with Crippen LogP contribution in [0, 0.1) is 5.92 Å². The number of benzene rings is 1. The normalized spacial score (nSPS) is 21.1. The van der Waals surface area contributed by atoms with Gasteiger partial charge in [0, 0.05) is 17.6 Å². The van der Waals surface area contributed by atoms with Crippen molar-refractivity contribution < 1.29 is 18.3 Å². The fraction of sp³-hybridized carbons (Fsp3) is 0.500. The summed E-state index contributed by atoms with van der Waals surface area (Å²) in [5, 5.41) is 2.75. The SMILES string of the molecule is Cl.NC1CCCC(C(=O)Nc2ccc(OC(F)F)c(Cl)c2)C1. The topological polar surface area (TPSA) is 64.4 Å². The molecule has 22 heavy (non-hydrogen) atoms. The van der Waals surface area contributed by atoms with Crippen LogP contribution in [0.1, 0.15) is 25.7 Å². The number of nitrogens with two attached hydrogens (primary N) is 1. The number of amides is 1. The average Bonchev–Trinajstić information content (AvgIpc) is 2.41. The molecule has 3 N–H and O–H groups in total. The predicted molar refractivity (Wildman–Crippen MR) is 83.9 cm³/mol. The molecular formula is C14H18Cl2F2N2O2. The third-order valence-electron chi connectivity index (χ3n) is 3.50. The summed E-state index contributed by atoms with van der Waals surface area (Å²) in [6.07, 6.45) is 3.34. The lowest BCUT2D eigenvalue weighted by Gasteiger charge is -2.25. The van der Waals surface area contributed by atoms with Gasteiger partial charge in [0.05, 0.1) is 5.02 Å². The second-order valence-corrected chi connectivity index (χ2v) is 5.54. The van der Waals surface area contributed by atoms with Crippen molar-refractivity contribution in [2.24, 2.45) is 11.7 Å². The first-order valence-electron chi connectivity index (χ1n) is 6.76. The summed E-state index contributed by atoms with van der Waals surface area (Å²) in [7, 11) is 0. The van der Waals surface area contributed by atoms with Gasteiger partial charge in [0.1, 0.15) is 5.75 Å². The Kier molecular flexibility index (Phi) is 7.32. The van der Waals surface area contributed by atoms with Crippen LogP contribution in [0.2, 0.25) is 5.02 Å². The number of anilines is 1. The molecule has 1 aliphatic rings. The maximum Gasteiger partial charge on any atom is 0.387 e. The largest absolute Gasteiger partial charge is 0.433 e. The molecule has 0 spiro atoms. The molecule has 0 bridgehead atoms. The minimum absolute atomic E-state index is 0. The van der Waals surface area contributed by atoms with Crippen LogP contribution in [0.3, 0.4) is 0 Å². The van der Waals surface area contributed by atoms with Crippen LogP contribution in [0.5, 0.6) is 5.75 Å². The molecule has 2 rings (SSSR count). The first-order valence-corrected chi connectivity index (χ1v) is 7.14. The minimum Gasteiger partial charge on any atom is -0.433 e. The van der Waals surface area contributed by atoms with Crippen molar-refractivity contribution in [3.8, 4) is 5.75 Å². The van der Waals surface area contributed by atoms with E-state index in [2.05, 4.69) is 10.1 Å². The van der Waals surface area contributed by atoms with Crippen molar-refractivity contribution in [1.82, 2.24) is 0 Å². The van der Waals surface area contributed by atoms with Gasteiger partial charge in [-0.3, -0.25) is 4.79 Å². The molecule has 1 aromatic rings. The van der Waals surface area contributed by atoms with E-state index in [1.807, 2.05) is 0 Å². The van der Waals surface area contributed by atoms with Crippen molar-refractivity contribution >= 4 is 35.6 Å². The average molecular weight is 355 g/mol. The predicted octanol–water partition coefficient (Wildman–Crippen LogP) is 3.82. The maximum absolute atomic E-state index is 12.1. The highest BCUT2D eigenvalue weighted by Gasteiger charge is 2.25. The van der Waals surface area contributed by atoms with E-state index in [0.29, 0.717) is 12.1 Å². The number of rotatable bonds is 4. The Bertz CT molecular complexity index is 518. The third kappa shape index (κ3) is 5.26. The van der Waals surface area contributed by atoms with Gasteiger partial charge in [0.2, 0.25) is 5.91 Å². The van der Waals surface area contributed by atoms with E-state index in [0.717, 1.165) is 19.3 Å². The van der Waals surface area contributed by atoms with Gasteiger partial charge in [-0.25, -0.2) is 0 Å². The standard InChI is InChI=1S/C14H17ClF2N2O2.ClH/c15-11-7-10(4-5-12(11)21-14(16)17)19-13(20)8-2-1-3-9(18)6-8;/h4-5,7-9,14H,1-3,6,18H2,(H,19,20);1H. The van der Waals surface area contributed by atoms with Crippen molar-refractivity contribution in [3.05, 3.63) is 23.2 Å². The Morgan fingerprint density at radius 1 is 1.41 bits per heavy atom. The molecule has 4 nitrogen and oxygen atoms in total. The monoisotopic (exact) mass is 354 g/mol. The highest BCUT2D eigenvalue weighted by molar-refractivity contribution is 6.32. The molecule has 124 valence electrons. The van der Waals surface area contributed by atoms with Gasteiger partial charge in [-0.05, 0) is 37.5 Å². The lowest BCUT2D eigenvalue weighted by Crippen LogP contribution is -2.34. The van der Waals surface area contributed by atoms with Crippen LogP contribution >= 0.6 is 24.0 Å².